The molecule has 0 radical (unpaired) electrons. The topological polar surface area (TPSA) is 69.9 Å². The number of nitrogens with one attached hydrogen (secondary N) is 3. The van der Waals surface area contributed by atoms with E-state index in [1.807, 2.05) is 25.1 Å². The fourth-order valence-electron chi connectivity index (χ4n) is 3.21. The van der Waals surface area contributed by atoms with E-state index in [2.05, 4.69) is 21.4 Å². The smallest absolute Gasteiger partial charge is 0.393 e. The number of benzene rings is 2. The molecule has 0 aliphatic heterocycles. The number of carbonyl (C=O) groups excluding carboxylic acids is 1. The van der Waals surface area contributed by atoms with Crippen LogP contribution in [0.5, 0.6) is 5.88 Å². The first-order chi connectivity index (χ1) is 12.6. The van der Waals surface area contributed by atoms with E-state index in [1.54, 1.807) is 12.1 Å². The summed E-state index contributed by atoms with van der Waals surface area (Å²) in [5.74, 6) is -0.0482. The summed E-state index contributed by atoms with van der Waals surface area (Å²) in [7, 11) is 0. The third kappa shape index (κ3) is 3.13. The van der Waals surface area contributed by atoms with Crippen molar-refractivity contribution in [2.45, 2.75) is 13.3 Å². The highest BCUT2D eigenvalue weighted by molar-refractivity contribution is 5.85. The number of H-pyrrole nitrogens is 2. The third-order valence-electron chi connectivity index (χ3n) is 4.43. The van der Waals surface area contributed by atoms with Crippen molar-refractivity contribution < 1.29 is 13.9 Å². The molecule has 5 nitrogen and oxygen atoms in total. The van der Waals surface area contributed by atoms with Crippen LogP contribution in [-0.4, -0.2) is 22.6 Å². The van der Waals surface area contributed by atoms with Crippen LogP contribution < -0.4 is 10.1 Å². The highest BCUT2D eigenvalue weighted by Gasteiger charge is 2.10. The summed E-state index contributed by atoms with van der Waals surface area (Å²) in [6, 6.07) is 14.0. The first kappa shape index (κ1) is 16.2. The van der Waals surface area contributed by atoms with Gasteiger partial charge >= 0.3 is 6.09 Å². The predicted molar refractivity (Wildman–Crippen MR) is 99.0 cm³/mol. The normalized spacial score (nSPS) is 11.2. The van der Waals surface area contributed by atoms with Crippen molar-refractivity contribution in [3.8, 4) is 5.88 Å². The first-order valence-electron chi connectivity index (χ1n) is 8.40. The SMILES string of the molecule is Cc1[nH]c2ccccc2c1CCNC(=O)Oc1cc2cc(F)ccc2[nH]1. The largest absolute Gasteiger partial charge is 0.413 e. The Morgan fingerprint density at radius 1 is 1.12 bits per heavy atom. The van der Waals surface area contributed by atoms with Crippen molar-refractivity contribution in [2.24, 2.45) is 0 Å². The maximum atomic E-state index is 13.2. The molecule has 0 bridgehead atoms. The molecule has 4 rings (SSSR count). The Morgan fingerprint density at radius 3 is 2.85 bits per heavy atom. The lowest BCUT2D eigenvalue weighted by atomic mass is 10.1. The average Bonchev–Trinajstić information content (AvgIpc) is 3.14. The third-order valence-corrected chi connectivity index (χ3v) is 4.43. The van der Waals surface area contributed by atoms with Gasteiger partial charge in [0.15, 0.2) is 0 Å². The highest BCUT2D eigenvalue weighted by Crippen LogP contribution is 2.23. The Labute approximate surface area is 149 Å². The zero-order valence-corrected chi connectivity index (χ0v) is 14.2. The van der Waals surface area contributed by atoms with Crippen LogP contribution in [0.15, 0.2) is 48.5 Å². The monoisotopic (exact) mass is 351 g/mol. The number of carbonyl (C=O) groups is 1. The second-order valence-corrected chi connectivity index (χ2v) is 6.21. The van der Waals surface area contributed by atoms with Crippen molar-refractivity contribution in [2.75, 3.05) is 6.54 Å². The molecule has 132 valence electrons. The fraction of sp³-hybridized carbons (Fsp3) is 0.150. The van der Waals surface area contributed by atoms with Crippen molar-refractivity contribution in [1.82, 2.24) is 15.3 Å². The molecule has 0 spiro atoms. The minimum atomic E-state index is -0.547. The molecule has 2 aromatic heterocycles. The summed E-state index contributed by atoms with van der Waals surface area (Å²) in [4.78, 5) is 18.3. The fourth-order valence-corrected chi connectivity index (χ4v) is 3.21. The van der Waals surface area contributed by atoms with Crippen LogP contribution in [0, 0.1) is 12.7 Å². The second kappa shape index (κ2) is 6.55. The standard InChI is InChI=1S/C20H18FN3O2/c1-12-15(16-4-2-3-5-18(16)23-12)8-9-22-20(25)26-19-11-13-10-14(21)6-7-17(13)24-19/h2-7,10-11,23-24H,8-9H2,1H3,(H,22,25). The molecule has 26 heavy (non-hydrogen) atoms. The molecule has 0 fully saturated rings. The predicted octanol–water partition coefficient (Wildman–Crippen LogP) is 4.43. The van der Waals surface area contributed by atoms with Crippen LogP contribution >= 0.6 is 0 Å². The van der Waals surface area contributed by atoms with Crippen molar-refractivity contribution in [1.29, 1.82) is 0 Å². The number of hydrogen-bond acceptors (Lipinski definition) is 2. The molecule has 6 heteroatoms. The minimum Gasteiger partial charge on any atom is -0.393 e. The van der Waals surface area contributed by atoms with Crippen LogP contribution in [0.1, 0.15) is 11.3 Å². The Hall–Kier alpha value is -3.28. The summed E-state index contributed by atoms with van der Waals surface area (Å²) >= 11 is 0. The van der Waals surface area contributed by atoms with Gasteiger partial charge in [0, 0.05) is 40.1 Å². The average molecular weight is 351 g/mol. The van der Waals surface area contributed by atoms with E-state index in [-0.39, 0.29) is 11.7 Å². The molecule has 1 amide bonds. The number of rotatable bonds is 4. The zero-order chi connectivity index (χ0) is 18.1. The van der Waals surface area contributed by atoms with Gasteiger partial charge in [-0.3, -0.25) is 0 Å². The summed E-state index contributed by atoms with van der Waals surface area (Å²) in [6.45, 7) is 2.48. The number of halogens is 1. The summed E-state index contributed by atoms with van der Waals surface area (Å²) in [5.41, 5.74) is 4.08. The Bertz CT molecular complexity index is 1100. The van der Waals surface area contributed by atoms with Crippen molar-refractivity contribution >= 4 is 27.9 Å². The van der Waals surface area contributed by atoms with Crippen LogP contribution in [0.25, 0.3) is 21.8 Å². The summed E-state index contributed by atoms with van der Waals surface area (Å²) in [6.07, 6.45) is 0.151. The van der Waals surface area contributed by atoms with Gasteiger partial charge in [0.2, 0.25) is 5.88 Å². The van der Waals surface area contributed by atoms with Gasteiger partial charge in [-0.25, -0.2) is 9.18 Å². The summed E-state index contributed by atoms with van der Waals surface area (Å²) < 4.78 is 18.5. The quantitative estimate of drug-likeness (QED) is 0.509. The molecule has 0 aliphatic rings. The van der Waals surface area contributed by atoms with E-state index in [4.69, 9.17) is 4.74 Å². The number of aromatic nitrogens is 2. The molecule has 0 saturated heterocycles. The number of aryl methyl sites for hydroxylation is 1. The number of amides is 1. The van der Waals surface area contributed by atoms with Gasteiger partial charge in [0.05, 0.1) is 0 Å². The van der Waals surface area contributed by atoms with Crippen molar-refractivity contribution in [3.63, 3.8) is 0 Å². The van der Waals surface area contributed by atoms with E-state index in [1.165, 1.54) is 17.7 Å². The van der Waals surface area contributed by atoms with Gasteiger partial charge < -0.3 is 20.0 Å². The molecule has 2 heterocycles. The van der Waals surface area contributed by atoms with Crippen LogP contribution in [0.4, 0.5) is 9.18 Å². The van der Waals surface area contributed by atoms with E-state index < -0.39 is 6.09 Å². The van der Waals surface area contributed by atoms with Gasteiger partial charge in [-0.15, -0.1) is 0 Å². The molecular weight excluding hydrogens is 333 g/mol. The molecule has 0 atom stereocenters. The number of fused-ring (bicyclic) bond motifs is 2. The van der Waals surface area contributed by atoms with Crippen LogP contribution in [0.3, 0.4) is 0 Å². The molecule has 4 aromatic rings. The van der Waals surface area contributed by atoms with Crippen LogP contribution in [0.2, 0.25) is 0 Å². The number of ether oxygens (including phenoxy) is 1. The van der Waals surface area contributed by atoms with Gasteiger partial charge in [-0.1, -0.05) is 18.2 Å². The molecule has 3 N–H and O–H groups in total. The Morgan fingerprint density at radius 2 is 1.96 bits per heavy atom. The maximum Gasteiger partial charge on any atom is 0.413 e. The summed E-state index contributed by atoms with van der Waals surface area (Å²) in [5, 5.41) is 4.57. The Kier molecular flexibility index (Phi) is 4.08. The number of hydrogen-bond donors (Lipinski definition) is 3. The molecule has 0 unspecified atom stereocenters. The lowest BCUT2D eigenvalue weighted by Crippen LogP contribution is -2.28. The van der Waals surface area contributed by atoms with E-state index in [9.17, 15) is 9.18 Å². The van der Waals surface area contributed by atoms with E-state index in [0.717, 1.165) is 16.6 Å². The van der Waals surface area contributed by atoms with E-state index >= 15 is 0 Å². The van der Waals surface area contributed by atoms with Gasteiger partial charge in [0.25, 0.3) is 0 Å². The first-order valence-corrected chi connectivity index (χ1v) is 8.40. The number of para-hydroxylation sites is 1. The van der Waals surface area contributed by atoms with Gasteiger partial charge in [-0.2, -0.15) is 0 Å². The number of aromatic amines is 2. The Balaban J connectivity index is 1.38. The lowest BCUT2D eigenvalue weighted by Gasteiger charge is -2.05. The second-order valence-electron chi connectivity index (χ2n) is 6.21. The van der Waals surface area contributed by atoms with Gasteiger partial charge in [0.1, 0.15) is 5.82 Å². The zero-order valence-electron chi connectivity index (χ0n) is 14.2. The van der Waals surface area contributed by atoms with Crippen molar-refractivity contribution in [3.05, 3.63) is 65.6 Å². The molecular formula is C20H18FN3O2. The lowest BCUT2D eigenvalue weighted by molar-refractivity contribution is 0.199. The molecule has 0 saturated carbocycles. The molecule has 0 aliphatic carbocycles. The highest BCUT2D eigenvalue weighted by atomic mass is 19.1. The maximum absolute atomic E-state index is 13.2. The van der Waals surface area contributed by atoms with Crippen LogP contribution in [-0.2, 0) is 6.42 Å². The van der Waals surface area contributed by atoms with E-state index in [0.29, 0.717) is 23.9 Å². The minimum absolute atomic E-state index is 0.284. The molecule has 2 aromatic carbocycles. The van der Waals surface area contributed by atoms with Gasteiger partial charge in [-0.05, 0) is 43.2 Å².